The van der Waals surface area contributed by atoms with Crippen LogP contribution in [-0.2, 0) is 21.3 Å². The average molecular weight is 317 g/mol. The molecule has 2 unspecified atom stereocenters. The molecule has 0 radical (unpaired) electrons. The zero-order valence-corrected chi connectivity index (χ0v) is 13.3. The molecule has 1 aliphatic rings. The van der Waals surface area contributed by atoms with Crippen molar-refractivity contribution in [2.75, 3.05) is 19.5 Å². The van der Waals surface area contributed by atoms with E-state index in [-0.39, 0.29) is 0 Å². The highest BCUT2D eigenvalue weighted by Gasteiger charge is 2.15. The standard InChI is InChI=1S/C15H21ClO3S/c1-18-15-6-5-12(10-14(15)16)11-20(17)9-7-13-4-2-3-8-19-13/h5-6,10,13H,2-4,7-9,11H2,1H3. The Balaban J connectivity index is 1.80. The number of benzene rings is 1. The third-order valence-electron chi connectivity index (χ3n) is 3.49. The lowest BCUT2D eigenvalue weighted by molar-refractivity contribution is 0.0148. The van der Waals surface area contributed by atoms with Crippen LogP contribution in [0.5, 0.6) is 5.75 Å². The van der Waals surface area contributed by atoms with Crippen molar-refractivity contribution in [3.63, 3.8) is 0 Å². The highest BCUT2D eigenvalue weighted by molar-refractivity contribution is 7.84. The molecule has 3 nitrogen and oxygen atoms in total. The largest absolute Gasteiger partial charge is 0.495 e. The molecule has 1 fully saturated rings. The molecule has 20 heavy (non-hydrogen) atoms. The third kappa shape index (κ3) is 4.76. The first-order valence-corrected chi connectivity index (χ1v) is 8.84. The van der Waals surface area contributed by atoms with Gasteiger partial charge in [-0.3, -0.25) is 4.21 Å². The summed E-state index contributed by atoms with van der Waals surface area (Å²) < 4.78 is 22.9. The fraction of sp³-hybridized carbons (Fsp3) is 0.600. The number of halogens is 1. The predicted octanol–water partition coefficient (Wildman–Crippen LogP) is 3.56. The molecule has 1 heterocycles. The molecule has 2 rings (SSSR count). The molecule has 0 spiro atoms. The molecule has 5 heteroatoms. The van der Waals surface area contributed by atoms with Crippen LogP contribution in [0, 0.1) is 0 Å². The van der Waals surface area contributed by atoms with Crippen molar-refractivity contribution >= 4 is 22.4 Å². The van der Waals surface area contributed by atoms with Gasteiger partial charge in [0.25, 0.3) is 0 Å². The second-order valence-corrected chi connectivity index (χ2v) is 7.02. The van der Waals surface area contributed by atoms with Gasteiger partial charge in [0, 0.05) is 28.9 Å². The Bertz CT molecular complexity index is 458. The summed E-state index contributed by atoms with van der Waals surface area (Å²) in [6.45, 7) is 0.853. The summed E-state index contributed by atoms with van der Waals surface area (Å²) in [5.74, 6) is 1.88. The Labute approximate surface area is 128 Å². The summed E-state index contributed by atoms with van der Waals surface area (Å²) in [4.78, 5) is 0. The fourth-order valence-corrected chi connectivity index (χ4v) is 3.86. The van der Waals surface area contributed by atoms with Crippen LogP contribution < -0.4 is 4.74 Å². The summed E-state index contributed by atoms with van der Waals surface area (Å²) in [5, 5.41) is 0.567. The molecule has 0 aliphatic carbocycles. The average Bonchev–Trinajstić information content (AvgIpc) is 2.46. The van der Waals surface area contributed by atoms with Gasteiger partial charge in [0.2, 0.25) is 0 Å². The monoisotopic (exact) mass is 316 g/mol. The Morgan fingerprint density at radius 3 is 2.95 bits per heavy atom. The van der Waals surface area contributed by atoms with Gasteiger partial charge in [-0.15, -0.1) is 0 Å². The SMILES string of the molecule is COc1ccc(CS(=O)CCC2CCCCO2)cc1Cl. The smallest absolute Gasteiger partial charge is 0.137 e. The molecule has 0 aromatic heterocycles. The van der Waals surface area contributed by atoms with Crippen LogP contribution in [0.15, 0.2) is 18.2 Å². The first kappa shape index (κ1) is 15.8. The second-order valence-electron chi connectivity index (χ2n) is 5.03. The molecule has 0 saturated carbocycles. The van der Waals surface area contributed by atoms with E-state index in [9.17, 15) is 4.21 Å². The van der Waals surface area contributed by atoms with Crippen LogP contribution in [0.4, 0.5) is 0 Å². The highest BCUT2D eigenvalue weighted by atomic mass is 35.5. The van der Waals surface area contributed by atoms with Gasteiger partial charge < -0.3 is 9.47 Å². The van der Waals surface area contributed by atoms with Gasteiger partial charge in [0.05, 0.1) is 18.2 Å². The van der Waals surface area contributed by atoms with E-state index >= 15 is 0 Å². The van der Waals surface area contributed by atoms with Crippen molar-refractivity contribution in [2.45, 2.75) is 37.5 Å². The molecule has 2 atom stereocenters. The Morgan fingerprint density at radius 1 is 1.45 bits per heavy atom. The van der Waals surface area contributed by atoms with Crippen molar-refractivity contribution in [3.8, 4) is 5.75 Å². The molecule has 0 bridgehead atoms. The van der Waals surface area contributed by atoms with E-state index in [2.05, 4.69) is 0 Å². The van der Waals surface area contributed by atoms with E-state index < -0.39 is 10.8 Å². The number of hydrogen-bond donors (Lipinski definition) is 0. The topological polar surface area (TPSA) is 35.5 Å². The van der Waals surface area contributed by atoms with E-state index in [1.807, 2.05) is 18.2 Å². The van der Waals surface area contributed by atoms with Crippen molar-refractivity contribution in [3.05, 3.63) is 28.8 Å². The summed E-state index contributed by atoms with van der Waals surface area (Å²) in [7, 11) is 0.718. The lowest BCUT2D eigenvalue weighted by Gasteiger charge is -2.22. The summed E-state index contributed by atoms with van der Waals surface area (Å²) in [6.07, 6.45) is 4.67. The van der Waals surface area contributed by atoms with Crippen LogP contribution in [0.2, 0.25) is 5.02 Å². The van der Waals surface area contributed by atoms with Crippen molar-refractivity contribution in [1.82, 2.24) is 0 Å². The number of hydrogen-bond acceptors (Lipinski definition) is 3. The number of ether oxygens (including phenoxy) is 2. The van der Waals surface area contributed by atoms with Crippen molar-refractivity contribution < 1.29 is 13.7 Å². The molecular weight excluding hydrogens is 296 g/mol. The van der Waals surface area contributed by atoms with Gasteiger partial charge >= 0.3 is 0 Å². The maximum absolute atomic E-state index is 12.1. The van der Waals surface area contributed by atoms with Gasteiger partial charge in [0.15, 0.2) is 0 Å². The lowest BCUT2D eigenvalue weighted by atomic mass is 10.1. The molecule has 1 aromatic rings. The normalized spacial score (nSPS) is 20.6. The van der Waals surface area contributed by atoms with Gasteiger partial charge in [0.1, 0.15) is 5.75 Å². The number of rotatable bonds is 6. The van der Waals surface area contributed by atoms with Crippen molar-refractivity contribution in [1.29, 1.82) is 0 Å². The summed E-state index contributed by atoms with van der Waals surface area (Å²) in [6, 6.07) is 5.56. The van der Waals surface area contributed by atoms with Gasteiger partial charge in [-0.1, -0.05) is 17.7 Å². The Hall–Kier alpha value is -0.580. The maximum Gasteiger partial charge on any atom is 0.137 e. The highest BCUT2D eigenvalue weighted by Crippen LogP contribution is 2.25. The van der Waals surface area contributed by atoms with Crippen LogP contribution in [-0.4, -0.2) is 29.8 Å². The van der Waals surface area contributed by atoms with E-state index in [0.29, 0.717) is 28.4 Å². The first-order valence-electron chi connectivity index (χ1n) is 6.98. The zero-order chi connectivity index (χ0) is 14.4. The van der Waals surface area contributed by atoms with Gasteiger partial charge in [-0.2, -0.15) is 0 Å². The molecule has 1 saturated heterocycles. The molecule has 1 aromatic carbocycles. The van der Waals surface area contributed by atoms with Crippen LogP contribution in [0.25, 0.3) is 0 Å². The second kappa shape index (κ2) is 8.01. The van der Waals surface area contributed by atoms with E-state index in [1.54, 1.807) is 7.11 Å². The Kier molecular flexibility index (Phi) is 6.33. The van der Waals surface area contributed by atoms with Crippen LogP contribution in [0.1, 0.15) is 31.2 Å². The number of methoxy groups -OCH3 is 1. The third-order valence-corrected chi connectivity index (χ3v) is 5.13. The van der Waals surface area contributed by atoms with E-state index in [1.165, 1.54) is 6.42 Å². The van der Waals surface area contributed by atoms with E-state index in [0.717, 1.165) is 31.4 Å². The van der Waals surface area contributed by atoms with E-state index in [4.69, 9.17) is 21.1 Å². The molecule has 0 N–H and O–H groups in total. The minimum atomic E-state index is -0.869. The van der Waals surface area contributed by atoms with Gasteiger partial charge in [-0.05, 0) is 43.4 Å². The van der Waals surface area contributed by atoms with Crippen LogP contribution >= 0.6 is 11.6 Å². The molecule has 0 amide bonds. The van der Waals surface area contributed by atoms with Gasteiger partial charge in [-0.25, -0.2) is 0 Å². The zero-order valence-electron chi connectivity index (χ0n) is 11.8. The Morgan fingerprint density at radius 2 is 2.30 bits per heavy atom. The first-order chi connectivity index (χ1) is 9.69. The quantitative estimate of drug-likeness (QED) is 0.805. The maximum atomic E-state index is 12.1. The summed E-state index contributed by atoms with van der Waals surface area (Å²) >= 11 is 6.07. The molecule has 112 valence electrons. The van der Waals surface area contributed by atoms with Crippen molar-refractivity contribution in [2.24, 2.45) is 0 Å². The predicted molar refractivity (Wildman–Crippen MR) is 82.9 cm³/mol. The molecule has 1 aliphatic heterocycles. The lowest BCUT2D eigenvalue weighted by Crippen LogP contribution is -2.21. The minimum Gasteiger partial charge on any atom is -0.495 e. The minimum absolute atomic E-state index is 0.298. The fourth-order valence-electron chi connectivity index (χ4n) is 2.36. The molecular formula is C15H21ClO3S. The summed E-state index contributed by atoms with van der Waals surface area (Å²) in [5.41, 5.74) is 0.985. The van der Waals surface area contributed by atoms with Crippen LogP contribution in [0.3, 0.4) is 0 Å².